The molecule has 3 fully saturated rings. The summed E-state index contributed by atoms with van der Waals surface area (Å²) < 4.78 is 11.2. The second kappa shape index (κ2) is 11.8. The van der Waals surface area contributed by atoms with E-state index in [2.05, 4.69) is 48.1 Å². The first-order valence-corrected chi connectivity index (χ1v) is 16.0. The Balaban J connectivity index is 1.15. The van der Waals surface area contributed by atoms with Crippen molar-refractivity contribution in [3.05, 3.63) is 29.8 Å². The largest absolute Gasteiger partial charge is 0.379 e. The molecule has 13 nitrogen and oxygen atoms in total. The Labute approximate surface area is 256 Å². The molecule has 0 aromatic carbocycles. The van der Waals surface area contributed by atoms with Gasteiger partial charge in [-0.3, -0.25) is 19.2 Å². The van der Waals surface area contributed by atoms with Gasteiger partial charge in [0.05, 0.1) is 31.5 Å². The number of imidazole rings is 1. The Morgan fingerprint density at radius 2 is 1.82 bits per heavy atom. The number of hydrogen-bond acceptors (Lipinski definition) is 8. The third-order valence-electron chi connectivity index (χ3n) is 8.98. The third kappa shape index (κ3) is 5.54. The molecule has 13 heteroatoms. The van der Waals surface area contributed by atoms with Gasteiger partial charge in [-0.1, -0.05) is 0 Å². The molecule has 234 valence electrons. The van der Waals surface area contributed by atoms with Crippen LogP contribution in [-0.2, 0) is 36.1 Å². The number of anilines is 2. The van der Waals surface area contributed by atoms with Crippen LogP contribution in [0.2, 0.25) is 0 Å². The maximum atomic E-state index is 13.5. The molecule has 2 saturated carbocycles. The number of ether oxygens (including phenoxy) is 1. The van der Waals surface area contributed by atoms with Crippen molar-refractivity contribution in [1.29, 1.82) is 0 Å². The molecule has 3 aliphatic rings. The van der Waals surface area contributed by atoms with Gasteiger partial charge in [0.2, 0.25) is 5.91 Å². The van der Waals surface area contributed by atoms with Crippen molar-refractivity contribution in [2.45, 2.75) is 71.1 Å². The molecule has 5 heterocycles. The highest BCUT2D eigenvalue weighted by atomic mass is 16.5. The zero-order valence-corrected chi connectivity index (χ0v) is 25.9. The van der Waals surface area contributed by atoms with Crippen LogP contribution in [0.1, 0.15) is 55.7 Å². The van der Waals surface area contributed by atoms with Crippen LogP contribution in [0.25, 0.3) is 22.1 Å². The zero-order chi connectivity index (χ0) is 30.4. The van der Waals surface area contributed by atoms with Gasteiger partial charge in [0, 0.05) is 75.5 Å². The zero-order valence-electron chi connectivity index (χ0n) is 25.9. The lowest BCUT2D eigenvalue weighted by Gasteiger charge is -2.26. The van der Waals surface area contributed by atoms with E-state index < -0.39 is 0 Å². The van der Waals surface area contributed by atoms with Crippen LogP contribution in [0.4, 0.5) is 11.6 Å². The van der Waals surface area contributed by atoms with Gasteiger partial charge in [-0.15, -0.1) is 0 Å². The van der Waals surface area contributed by atoms with E-state index in [9.17, 15) is 9.59 Å². The van der Waals surface area contributed by atoms with E-state index in [4.69, 9.17) is 9.72 Å². The summed E-state index contributed by atoms with van der Waals surface area (Å²) >= 11 is 0. The highest BCUT2D eigenvalue weighted by molar-refractivity contribution is 6.07. The Morgan fingerprint density at radius 1 is 1.07 bits per heavy atom. The number of carbonyl (C=O) groups is 2. The van der Waals surface area contributed by atoms with Crippen molar-refractivity contribution in [2.75, 3.05) is 44.7 Å². The fraction of sp³-hybridized carbons (Fsp3) is 0.581. The van der Waals surface area contributed by atoms with Crippen LogP contribution in [0.15, 0.2) is 18.5 Å². The molecule has 2 N–H and O–H groups in total. The smallest absolute Gasteiger partial charge is 0.269 e. The van der Waals surface area contributed by atoms with Crippen LogP contribution >= 0.6 is 0 Å². The molecule has 2 amide bonds. The van der Waals surface area contributed by atoms with Crippen LogP contribution < -0.4 is 10.6 Å². The number of amides is 2. The number of morpholine rings is 1. The van der Waals surface area contributed by atoms with E-state index >= 15 is 0 Å². The Kier molecular flexibility index (Phi) is 7.75. The first-order valence-electron chi connectivity index (χ1n) is 16.0. The second-order valence-electron chi connectivity index (χ2n) is 12.1. The van der Waals surface area contributed by atoms with E-state index in [-0.39, 0.29) is 11.8 Å². The number of fused-ring (bicyclic) bond motifs is 3. The number of carbonyl (C=O) groups excluding carboxylic acids is 2. The molecule has 0 radical (unpaired) electrons. The fourth-order valence-electron chi connectivity index (χ4n) is 6.47. The lowest BCUT2D eigenvalue weighted by atomic mass is 10.2. The Hall–Kier alpha value is -3.97. The van der Waals surface area contributed by atoms with Crippen LogP contribution in [0.5, 0.6) is 0 Å². The molecule has 0 atom stereocenters. The minimum absolute atomic E-state index is 0.160. The number of aryl methyl sites for hydroxylation is 3. The Bertz CT molecular complexity index is 1680. The van der Waals surface area contributed by atoms with Crippen molar-refractivity contribution in [1.82, 2.24) is 44.0 Å². The molecule has 4 aromatic rings. The molecule has 4 aromatic heterocycles. The normalized spacial score (nSPS) is 17.4. The molecule has 7 rings (SSSR count). The molecular weight excluding hydrogens is 560 g/mol. The summed E-state index contributed by atoms with van der Waals surface area (Å²) in [4.78, 5) is 40.8. The number of nitrogens with zero attached hydrogens (tertiary/aromatic N) is 8. The Morgan fingerprint density at radius 3 is 2.50 bits per heavy atom. The van der Waals surface area contributed by atoms with Crippen molar-refractivity contribution < 1.29 is 14.3 Å². The lowest BCUT2D eigenvalue weighted by molar-refractivity contribution is -0.131. The van der Waals surface area contributed by atoms with Crippen molar-refractivity contribution in [3.63, 3.8) is 0 Å². The number of rotatable bonds is 12. The molecule has 0 unspecified atom stereocenters. The van der Waals surface area contributed by atoms with Crippen molar-refractivity contribution in [2.24, 2.45) is 7.05 Å². The molecule has 1 saturated heterocycles. The van der Waals surface area contributed by atoms with E-state index in [1.165, 1.54) is 0 Å². The minimum Gasteiger partial charge on any atom is -0.379 e. The van der Waals surface area contributed by atoms with Gasteiger partial charge in [0.1, 0.15) is 16.9 Å². The molecule has 2 aliphatic carbocycles. The van der Waals surface area contributed by atoms with Crippen molar-refractivity contribution >= 4 is 45.5 Å². The SMILES string of the molecule is CCn1nc(Nc2nc3c(cc(CC(=O)N(C4CC4)C4CC4)n3CC)c3c2ncn3C)cc1C(=O)NCCN1CCOCC1. The number of aromatic nitrogens is 6. The summed E-state index contributed by atoms with van der Waals surface area (Å²) in [5, 5.41) is 12.1. The first kappa shape index (κ1) is 28.8. The van der Waals surface area contributed by atoms with Gasteiger partial charge in [-0.2, -0.15) is 5.10 Å². The monoisotopic (exact) mass is 602 g/mol. The summed E-state index contributed by atoms with van der Waals surface area (Å²) in [7, 11) is 1.97. The molecule has 0 bridgehead atoms. The average Bonchev–Trinajstić information content (AvgIpc) is 3.93. The maximum absolute atomic E-state index is 13.5. The lowest BCUT2D eigenvalue weighted by Crippen LogP contribution is -2.41. The van der Waals surface area contributed by atoms with E-state index in [0.29, 0.717) is 61.0 Å². The summed E-state index contributed by atoms with van der Waals surface area (Å²) in [6, 6.07) is 4.72. The van der Waals surface area contributed by atoms with Crippen LogP contribution in [-0.4, -0.2) is 102 Å². The predicted molar refractivity (Wildman–Crippen MR) is 167 cm³/mol. The summed E-state index contributed by atoms with van der Waals surface area (Å²) in [5.74, 6) is 1.15. The summed E-state index contributed by atoms with van der Waals surface area (Å²) in [6.07, 6.45) is 6.64. The number of hydrogen-bond donors (Lipinski definition) is 2. The molecule has 0 spiro atoms. The van der Waals surface area contributed by atoms with Gasteiger partial charge >= 0.3 is 0 Å². The fourth-order valence-corrected chi connectivity index (χ4v) is 6.47. The summed E-state index contributed by atoms with van der Waals surface area (Å²) in [5.41, 5.74) is 3.91. The van der Waals surface area contributed by atoms with Crippen LogP contribution in [0, 0.1) is 0 Å². The average molecular weight is 603 g/mol. The molecule has 44 heavy (non-hydrogen) atoms. The predicted octanol–water partition coefficient (Wildman–Crippen LogP) is 2.66. The van der Waals surface area contributed by atoms with E-state index in [1.807, 2.05) is 18.5 Å². The van der Waals surface area contributed by atoms with Gasteiger partial charge in [-0.25, -0.2) is 9.97 Å². The number of nitrogens with one attached hydrogen (secondary N) is 2. The van der Waals surface area contributed by atoms with E-state index in [0.717, 1.165) is 80.8 Å². The van der Waals surface area contributed by atoms with Crippen molar-refractivity contribution in [3.8, 4) is 0 Å². The number of pyridine rings is 1. The first-order chi connectivity index (χ1) is 21.4. The minimum atomic E-state index is -0.160. The standard InChI is InChI=1S/C31H42N10O3/c1-4-39-22(17-26(42)41(20-6-7-20)21-8-9-21)16-23-28-27(33-19-37(28)3)29(35-30(23)39)34-25-18-24(40(5-2)36-25)31(43)32-10-11-38-12-14-44-15-13-38/h16,18-21H,4-15,17H2,1-3H3,(H,32,43)(H,34,35,36). The quantitative estimate of drug-likeness (QED) is 0.254. The van der Waals surface area contributed by atoms with Gasteiger partial charge in [-0.05, 0) is 45.6 Å². The maximum Gasteiger partial charge on any atom is 0.269 e. The van der Waals surface area contributed by atoms with Crippen LogP contribution in [0.3, 0.4) is 0 Å². The highest BCUT2D eigenvalue weighted by Crippen LogP contribution is 2.38. The topological polar surface area (TPSA) is 127 Å². The molecular formula is C31H42N10O3. The second-order valence-corrected chi connectivity index (χ2v) is 12.1. The van der Waals surface area contributed by atoms with Gasteiger partial charge in [0.15, 0.2) is 11.6 Å². The van der Waals surface area contributed by atoms with Gasteiger partial charge in [0.25, 0.3) is 5.91 Å². The highest BCUT2D eigenvalue weighted by Gasteiger charge is 2.42. The van der Waals surface area contributed by atoms with E-state index in [1.54, 1.807) is 17.1 Å². The van der Waals surface area contributed by atoms with Gasteiger partial charge < -0.3 is 29.4 Å². The molecule has 1 aliphatic heterocycles. The summed E-state index contributed by atoms with van der Waals surface area (Å²) in [6.45, 7) is 9.86. The third-order valence-corrected chi connectivity index (χ3v) is 8.98.